The molecule has 1 heterocycles. The number of carbonyl (C=O) groups excluding carboxylic acids is 2. The zero-order valence-corrected chi connectivity index (χ0v) is 17.7. The number of carboxylic acids is 2. The lowest BCUT2D eigenvalue weighted by molar-refractivity contribution is -0.301. The maximum atomic E-state index is 9.41. The Morgan fingerprint density at radius 1 is 0.871 bits per heavy atom. The number of hydrogen-bond donors (Lipinski definition) is 0. The number of aryl methyl sites for hydroxylation is 2. The molecule has 6 nitrogen and oxygen atoms in total. The SMILES string of the molecule is CN1CCC(OC2c3ccccc3CCc3ccccc32)CC1.O=C([O-])/C=C\C(=O)[O-]. The van der Waals surface area contributed by atoms with E-state index in [1.807, 2.05) is 0 Å². The van der Waals surface area contributed by atoms with Crippen LogP contribution in [0.3, 0.4) is 0 Å². The summed E-state index contributed by atoms with van der Waals surface area (Å²) in [6, 6.07) is 17.7. The zero-order chi connectivity index (χ0) is 22.2. The minimum atomic E-state index is -1.55. The summed E-state index contributed by atoms with van der Waals surface area (Å²) in [5, 5.41) is 18.8. The molecule has 0 saturated carbocycles. The Kier molecular flexibility index (Phi) is 7.98. The highest BCUT2D eigenvalue weighted by Crippen LogP contribution is 2.36. The fourth-order valence-electron chi connectivity index (χ4n) is 4.07. The van der Waals surface area contributed by atoms with E-state index >= 15 is 0 Å². The van der Waals surface area contributed by atoms with Gasteiger partial charge in [0.2, 0.25) is 0 Å². The normalized spacial score (nSPS) is 17.2. The molecule has 0 bridgehead atoms. The largest absolute Gasteiger partial charge is 0.545 e. The molecule has 0 spiro atoms. The summed E-state index contributed by atoms with van der Waals surface area (Å²) in [4.78, 5) is 21.2. The molecule has 1 fully saturated rings. The molecular weight excluding hydrogens is 394 g/mol. The molecule has 0 amide bonds. The van der Waals surface area contributed by atoms with Crippen LogP contribution < -0.4 is 10.2 Å². The first-order valence-electron chi connectivity index (χ1n) is 10.5. The predicted octanol–water partition coefficient (Wildman–Crippen LogP) is 1.03. The summed E-state index contributed by atoms with van der Waals surface area (Å²) in [5.41, 5.74) is 5.64. The fraction of sp³-hybridized carbons (Fsp3) is 0.360. The van der Waals surface area contributed by atoms with E-state index in [0.29, 0.717) is 18.3 Å². The number of benzene rings is 2. The summed E-state index contributed by atoms with van der Waals surface area (Å²) < 4.78 is 6.69. The minimum absolute atomic E-state index is 0.0957. The van der Waals surface area contributed by atoms with Gasteiger partial charge in [0.1, 0.15) is 6.10 Å². The van der Waals surface area contributed by atoms with Gasteiger partial charge in [-0.3, -0.25) is 0 Å². The Labute approximate surface area is 182 Å². The second kappa shape index (κ2) is 10.9. The van der Waals surface area contributed by atoms with Crippen LogP contribution in [0.1, 0.15) is 41.2 Å². The Morgan fingerprint density at radius 2 is 1.32 bits per heavy atom. The first kappa shape index (κ1) is 22.7. The van der Waals surface area contributed by atoms with Crippen molar-refractivity contribution in [1.29, 1.82) is 0 Å². The second-order valence-corrected chi connectivity index (χ2v) is 7.89. The molecule has 0 N–H and O–H groups in total. The summed E-state index contributed by atoms with van der Waals surface area (Å²) >= 11 is 0. The monoisotopic (exact) mass is 421 g/mol. The van der Waals surface area contributed by atoms with Crippen LogP contribution in [0.5, 0.6) is 0 Å². The maximum absolute atomic E-state index is 9.41. The first-order chi connectivity index (χ1) is 14.9. The van der Waals surface area contributed by atoms with E-state index < -0.39 is 11.9 Å². The Morgan fingerprint density at radius 3 is 1.77 bits per heavy atom. The van der Waals surface area contributed by atoms with Gasteiger partial charge in [0.15, 0.2) is 0 Å². The van der Waals surface area contributed by atoms with Crippen molar-refractivity contribution < 1.29 is 24.5 Å². The molecule has 2 aliphatic rings. The molecule has 31 heavy (non-hydrogen) atoms. The molecule has 6 heteroatoms. The Hall–Kier alpha value is -2.96. The number of fused-ring (bicyclic) bond motifs is 2. The number of carboxylic acid groups (broad SMARTS) is 2. The minimum Gasteiger partial charge on any atom is -0.545 e. The molecule has 2 aromatic rings. The molecule has 0 atom stereocenters. The van der Waals surface area contributed by atoms with Crippen LogP contribution in [0.25, 0.3) is 0 Å². The van der Waals surface area contributed by atoms with Crippen molar-refractivity contribution in [3.8, 4) is 0 Å². The third kappa shape index (κ3) is 6.51. The van der Waals surface area contributed by atoms with Gasteiger partial charge < -0.3 is 29.4 Å². The van der Waals surface area contributed by atoms with E-state index in [-0.39, 0.29) is 6.10 Å². The van der Waals surface area contributed by atoms with Crippen molar-refractivity contribution in [1.82, 2.24) is 4.90 Å². The van der Waals surface area contributed by atoms with Crippen molar-refractivity contribution in [3.05, 3.63) is 82.9 Å². The zero-order valence-electron chi connectivity index (χ0n) is 17.7. The fourth-order valence-corrected chi connectivity index (χ4v) is 4.07. The van der Waals surface area contributed by atoms with Crippen molar-refractivity contribution >= 4 is 11.9 Å². The number of aliphatic carboxylic acids is 2. The molecule has 0 radical (unpaired) electrons. The molecule has 1 aliphatic carbocycles. The molecule has 4 rings (SSSR count). The summed E-state index contributed by atoms with van der Waals surface area (Å²) in [5.74, 6) is -3.09. The van der Waals surface area contributed by atoms with Crippen LogP contribution in [0, 0.1) is 0 Å². The van der Waals surface area contributed by atoms with Gasteiger partial charge in [-0.05, 0) is 67.1 Å². The molecule has 164 valence electrons. The number of carbonyl (C=O) groups is 2. The highest BCUT2D eigenvalue weighted by atomic mass is 16.5. The predicted molar refractivity (Wildman–Crippen MR) is 113 cm³/mol. The molecule has 1 aliphatic heterocycles. The van der Waals surface area contributed by atoms with Gasteiger partial charge in [0, 0.05) is 13.1 Å². The van der Waals surface area contributed by atoms with E-state index in [0.717, 1.165) is 38.8 Å². The van der Waals surface area contributed by atoms with Crippen LogP contribution in [-0.2, 0) is 27.2 Å². The lowest BCUT2D eigenvalue weighted by atomic mass is 9.96. The first-order valence-corrected chi connectivity index (χ1v) is 10.5. The van der Waals surface area contributed by atoms with Gasteiger partial charge >= 0.3 is 0 Å². The average molecular weight is 421 g/mol. The highest BCUT2D eigenvalue weighted by molar-refractivity contribution is 5.87. The van der Waals surface area contributed by atoms with Gasteiger partial charge in [-0.25, -0.2) is 0 Å². The van der Waals surface area contributed by atoms with Gasteiger partial charge in [0.05, 0.1) is 18.0 Å². The summed E-state index contributed by atoms with van der Waals surface area (Å²) in [6.07, 6.45) is 5.73. The number of rotatable bonds is 4. The average Bonchev–Trinajstić information content (AvgIpc) is 2.92. The summed E-state index contributed by atoms with van der Waals surface area (Å²) in [7, 11) is 2.20. The topological polar surface area (TPSA) is 92.7 Å². The number of likely N-dealkylation sites (tertiary alicyclic amines) is 1. The summed E-state index contributed by atoms with van der Waals surface area (Å²) in [6.45, 7) is 2.28. The number of ether oxygens (including phenoxy) is 1. The lowest BCUT2D eigenvalue weighted by Crippen LogP contribution is -2.35. The highest BCUT2D eigenvalue weighted by Gasteiger charge is 2.28. The third-order valence-electron chi connectivity index (χ3n) is 5.69. The van der Waals surface area contributed by atoms with Gasteiger partial charge in [-0.15, -0.1) is 0 Å². The van der Waals surface area contributed by atoms with Gasteiger partial charge in [-0.1, -0.05) is 48.5 Å². The molecule has 0 aromatic heterocycles. The van der Waals surface area contributed by atoms with Crippen LogP contribution in [0.4, 0.5) is 0 Å². The third-order valence-corrected chi connectivity index (χ3v) is 5.69. The van der Waals surface area contributed by atoms with Crippen LogP contribution >= 0.6 is 0 Å². The van der Waals surface area contributed by atoms with Crippen LogP contribution in [0.2, 0.25) is 0 Å². The van der Waals surface area contributed by atoms with Gasteiger partial charge in [0.25, 0.3) is 0 Å². The smallest absolute Gasteiger partial charge is 0.108 e. The van der Waals surface area contributed by atoms with Crippen LogP contribution in [-0.4, -0.2) is 43.1 Å². The number of nitrogens with zero attached hydrogens (tertiary/aromatic N) is 1. The quantitative estimate of drug-likeness (QED) is 0.685. The van der Waals surface area contributed by atoms with E-state index in [1.54, 1.807) is 0 Å². The number of piperidine rings is 1. The second-order valence-electron chi connectivity index (χ2n) is 7.89. The van der Waals surface area contributed by atoms with Crippen molar-refractivity contribution in [2.75, 3.05) is 20.1 Å². The number of hydrogen-bond acceptors (Lipinski definition) is 6. The van der Waals surface area contributed by atoms with E-state index in [9.17, 15) is 19.8 Å². The van der Waals surface area contributed by atoms with Crippen molar-refractivity contribution in [3.63, 3.8) is 0 Å². The lowest BCUT2D eigenvalue weighted by Gasteiger charge is -2.32. The maximum Gasteiger partial charge on any atom is 0.108 e. The standard InChI is InChI=1S/C21H25NO.C4H4O4/c1-22-14-12-18(13-15-22)23-21-19-8-4-2-6-16(19)10-11-17-7-3-5-9-20(17)21;5-3(6)1-2-4(7)8/h2-9,18,21H,10-15H2,1H3;1-2H,(H,5,6)(H,7,8)/p-2/b;2-1-. The van der Waals surface area contributed by atoms with Gasteiger partial charge in [-0.2, -0.15) is 0 Å². The van der Waals surface area contributed by atoms with Crippen LogP contribution in [0.15, 0.2) is 60.7 Å². The molecule has 2 aromatic carbocycles. The van der Waals surface area contributed by atoms with E-state index in [1.165, 1.54) is 22.3 Å². The molecule has 0 unspecified atom stereocenters. The van der Waals surface area contributed by atoms with Crippen molar-refractivity contribution in [2.24, 2.45) is 0 Å². The molecular formula is C25H27NO5-2. The van der Waals surface area contributed by atoms with E-state index in [4.69, 9.17) is 4.74 Å². The van der Waals surface area contributed by atoms with Crippen molar-refractivity contribution in [2.45, 2.75) is 37.9 Å². The Bertz CT molecular complexity index is 868. The Balaban J connectivity index is 0.000000293. The molecule has 1 saturated heterocycles. The van der Waals surface area contributed by atoms with E-state index in [2.05, 4.69) is 60.5 Å².